The highest BCUT2D eigenvalue weighted by Crippen LogP contribution is 2.29. The molecule has 0 radical (unpaired) electrons. The maximum Gasteiger partial charge on any atom is 0.263 e. The Kier molecular flexibility index (Phi) is 2.23. The summed E-state index contributed by atoms with van der Waals surface area (Å²) in [4.78, 5) is 38.6. The average molecular weight is 244 g/mol. The van der Waals surface area contributed by atoms with Crippen molar-refractivity contribution < 1.29 is 14.4 Å². The molecule has 3 rings (SSSR count). The molecule has 1 aromatic carbocycles. The van der Waals surface area contributed by atoms with Gasteiger partial charge in [0.25, 0.3) is 11.8 Å². The van der Waals surface area contributed by atoms with E-state index in [4.69, 9.17) is 0 Å². The molecule has 0 N–H and O–H groups in total. The van der Waals surface area contributed by atoms with Crippen molar-refractivity contribution >= 4 is 17.7 Å². The molecule has 18 heavy (non-hydrogen) atoms. The van der Waals surface area contributed by atoms with E-state index in [-0.39, 0.29) is 17.7 Å². The number of benzene rings is 1. The van der Waals surface area contributed by atoms with Gasteiger partial charge in [-0.2, -0.15) is 0 Å². The van der Waals surface area contributed by atoms with Crippen molar-refractivity contribution in [3.63, 3.8) is 0 Å². The first-order valence-electron chi connectivity index (χ1n) is 5.84. The maximum absolute atomic E-state index is 12.2. The zero-order valence-electron chi connectivity index (χ0n) is 9.92. The van der Waals surface area contributed by atoms with Crippen molar-refractivity contribution in [3.05, 3.63) is 35.4 Å². The summed E-state index contributed by atoms with van der Waals surface area (Å²) < 4.78 is 0. The van der Waals surface area contributed by atoms with Crippen LogP contribution in [0.15, 0.2) is 24.3 Å². The number of nitrogens with zero attached hydrogens (tertiary/aromatic N) is 2. The summed E-state index contributed by atoms with van der Waals surface area (Å²) in [5, 5.41) is 0. The van der Waals surface area contributed by atoms with E-state index >= 15 is 0 Å². The van der Waals surface area contributed by atoms with Crippen LogP contribution in [0.5, 0.6) is 0 Å². The van der Waals surface area contributed by atoms with Gasteiger partial charge in [0.1, 0.15) is 6.17 Å². The third-order valence-corrected chi connectivity index (χ3v) is 3.58. The molecule has 0 saturated carbocycles. The minimum atomic E-state index is -0.440. The predicted molar refractivity (Wildman–Crippen MR) is 62.7 cm³/mol. The molecule has 1 unspecified atom stereocenters. The molecule has 2 aliphatic rings. The molecular formula is C13H12N2O3. The van der Waals surface area contributed by atoms with Crippen LogP contribution in [-0.4, -0.2) is 40.7 Å². The Bertz CT molecular complexity index is 532. The van der Waals surface area contributed by atoms with Gasteiger partial charge in [0.05, 0.1) is 11.1 Å². The van der Waals surface area contributed by atoms with Gasteiger partial charge in [-0.05, 0) is 18.6 Å². The molecule has 0 bridgehead atoms. The topological polar surface area (TPSA) is 57.7 Å². The zero-order chi connectivity index (χ0) is 12.9. The second kappa shape index (κ2) is 3.66. The van der Waals surface area contributed by atoms with Crippen molar-refractivity contribution in [1.29, 1.82) is 0 Å². The Morgan fingerprint density at radius 2 is 1.61 bits per heavy atom. The largest absolute Gasteiger partial charge is 0.325 e. The van der Waals surface area contributed by atoms with Crippen molar-refractivity contribution in [2.24, 2.45) is 0 Å². The summed E-state index contributed by atoms with van der Waals surface area (Å²) in [6.07, 6.45) is 0.458. The number of hydrogen-bond acceptors (Lipinski definition) is 3. The van der Waals surface area contributed by atoms with Crippen molar-refractivity contribution in [3.8, 4) is 0 Å². The summed E-state index contributed by atoms with van der Waals surface area (Å²) >= 11 is 0. The fourth-order valence-electron chi connectivity index (χ4n) is 2.57. The smallest absolute Gasteiger partial charge is 0.263 e. The molecule has 1 saturated heterocycles. The monoisotopic (exact) mass is 244 g/mol. The van der Waals surface area contributed by atoms with Crippen molar-refractivity contribution in [2.45, 2.75) is 19.0 Å². The molecule has 2 heterocycles. The fourth-order valence-corrected chi connectivity index (χ4v) is 2.57. The Morgan fingerprint density at radius 1 is 1.06 bits per heavy atom. The summed E-state index contributed by atoms with van der Waals surface area (Å²) in [6.45, 7) is 0. The minimum absolute atomic E-state index is 0.0310. The van der Waals surface area contributed by atoms with E-state index in [1.165, 1.54) is 9.80 Å². The molecule has 3 amide bonds. The molecule has 0 aliphatic carbocycles. The van der Waals surface area contributed by atoms with E-state index in [9.17, 15) is 14.4 Å². The van der Waals surface area contributed by atoms with Crippen LogP contribution < -0.4 is 0 Å². The van der Waals surface area contributed by atoms with Gasteiger partial charge in [0.15, 0.2) is 0 Å². The highest BCUT2D eigenvalue weighted by Gasteiger charge is 2.44. The lowest BCUT2D eigenvalue weighted by atomic mass is 10.1. The molecule has 0 aromatic heterocycles. The number of carbonyl (C=O) groups excluding carboxylic acids is 3. The number of hydrogen-bond donors (Lipinski definition) is 0. The number of rotatable bonds is 1. The number of imide groups is 1. The predicted octanol–water partition coefficient (Wildman–Crippen LogP) is 0.861. The van der Waals surface area contributed by atoms with E-state index < -0.39 is 6.17 Å². The normalized spacial score (nSPS) is 22.9. The van der Waals surface area contributed by atoms with E-state index in [0.717, 1.165) is 0 Å². The Labute approximate surface area is 104 Å². The highest BCUT2D eigenvalue weighted by molar-refractivity contribution is 6.21. The van der Waals surface area contributed by atoms with Gasteiger partial charge < -0.3 is 4.90 Å². The van der Waals surface area contributed by atoms with Gasteiger partial charge in [-0.15, -0.1) is 0 Å². The van der Waals surface area contributed by atoms with Crippen LogP contribution in [0.4, 0.5) is 0 Å². The lowest BCUT2D eigenvalue weighted by molar-refractivity contribution is -0.128. The molecule has 1 atom stereocenters. The standard InChI is InChI=1S/C13H12N2O3/c1-14-10(6-7-11(14)16)15-12(17)8-4-2-3-5-9(8)13(15)18/h2-5,10H,6-7H2,1H3. The van der Waals surface area contributed by atoms with Crippen LogP contribution in [0.25, 0.3) is 0 Å². The lowest BCUT2D eigenvalue weighted by Crippen LogP contribution is -2.47. The summed E-state index contributed by atoms with van der Waals surface area (Å²) in [5.41, 5.74) is 0.852. The van der Waals surface area contributed by atoms with Crippen molar-refractivity contribution in [1.82, 2.24) is 9.80 Å². The Balaban J connectivity index is 2.00. The number of amides is 3. The van der Waals surface area contributed by atoms with Gasteiger partial charge in [0, 0.05) is 13.5 Å². The second-order valence-corrected chi connectivity index (χ2v) is 4.55. The maximum atomic E-state index is 12.2. The van der Waals surface area contributed by atoms with Crippen LogP contribution in [0, 0.1) is 0 Å². The van der Waals surface area contributed by atoms with Crippen LogP contribution in [0.3, 0.4) is 0 Å². The van der Waals surface area contributed by atoms with Crippen LogP contribution >= 0.6 is 0 Å². The summed E-state index contributed by atoms with van der Waals surface area (Å²) in [6, 6.07) is 6.76. The van der Waals surface area contributed by atoms with Gasteiger partial charge in [-0.25, -0.2) is 0 Å². The van der Waals surface area contributed by atoms with Gasteiger partial charge in [0.2, 0.25) is 5.91 Å². The highest BCUT2D eigenvalue weighted by atomic mass is 16.2. The lowest BCUT2D eigenvalue weighted by Gasteiger charge is -2.27. The molecule has 5 heteroatoms. The molecule has 2 aliphatic heterocycles. The second-order valence-electron chi connectivity index (χ2n) is 4.55. The molecule has 1 fully saturated rings. The summed E-state index contributed by atoms with van der Waals surface area (Å²) in [5.74, 6) is -0.638. The molecule has 5 nitrogen and oxygen atoms in total. The molecule has 1 aromatic rings. The van der Waals surface area contributed by atoms with Gasteiger partial charge >= 0.3 is 0 Å². The first-order chi connectivity index (χ1) is 8.61. The molecule has 92 valence electrons. The number of fused-ring (bicyclic) bond motifs is 1. The quantitative estimate of drug-likeness (QED) is 0.688. The molecule has 0 spiro atoms. The van der Waals surface area contributed by atoms with E-state index in [0.29, 0.717) is 24.0 Å². The first kappa shape index (κ1) is 11.0. The third-order valence-electron chi connectivity index (χ3n) is 3.58. The third kappa shape index (κ3) is 1.30. The van der Waals surface area contributed by atoms with Crippen LogP contribution in [0.1, 0.15) is 33.6 Å². The van der Waals surface area contributed by atoms with E-state index in [1.54, 1.807) is 31.3 Å². The van der Waals surface area contributed by atoms with Gasteiger partial charge in [-0.3, -0.25) is 19.3 Å². The summed E-state index contributed by atoms with van der Waals surface area (Å²) in [7, 11) is 1.63. The first-order valence-corrected chi connectivity index (χ1v) is 5.84. The van der Waals surface area contributed by atoms with E-state index in [1.807, 2.05) is 0 Å². The minimum Gasteiger partial charge on any atom is -0.325 e. The van der Waals surface area contributed by atoms with Crippen molar-refractivity contribution in [2.75, 3.05) is 7.05 Å². The number of likely N-dealkylation sites (tertiary alicyclic amines) is 1. The van der Waals surface area contributed by atoms with E-state index in [2.05, 4.69) is 0 Å². The number of carbonyl (C=O) groups is 3. The van der Waals surface area contributed by atoms with Crippen LogP contribution in [0.2, 0.25) is 0 Å². The Morgan fingerprint density at radius 3 is 2.06 bits per heavy atom. The zero-order valence-corrected chi connectivity index (χ0v) is 9.92. The Hall–Kier alpha value is -2.17. The van der Waals surface area contributed by atoms with Gasteiger partial charge in [-0.1, -0.05) is 12.1 Å². The average Bonchev–Trinajstić information content (AvgIpc) is 2.82. The fraction of sp³-hybridized carbons (Fsp3) is 0.308. The molecular weight excluding hydrogens is 232 g/mol. The van der Waals surface area contributed by atoms with Crippen LogP contribution in [-0.2, 0) is 4.79 Å². The SMILES string of the molecule is CN1C(=O)CCC1N1C(=O)c2ccccc2C1=O.